The smallest absolute Gasteiger partial charge is 0.315 e. The molecule has 1 aliphatic heterocycles. The Morgan fingerprint density at radius 2 is 2.35 bits per heavy atom. The third-order valence-electron chi connectivity index (χ3n) is 4.23. The average molecular weight is 324 g/mol. The van der Waals surface area contributed by atoms with Crippen molar-refractivity contribution in [2.45, 2.75) is 38.6 Å². The topological polar surface area (TPSA) is 70.6 Å². The van der Waals surface area contributed by atoms with Gasteiger partial charge in [0.05, 0.1) is 12.6 Å². The molecule has 1 aliphatic rings. The molecule has 0 bridgehead atoms. The number of aliphatic hydroxyl groups excluding tert-OH is 1. The number of aliphatic hydroxyl groups is 1. The number of amides is 2. The first kappa shape index (κ1) is 17.5. The molecule has 0 radical (unpaired) electrons. The Kier molecular flexibility index (Phi) is 6.65. The van der Waals surface area contributed by atoms with Crippen molar-refractivity contribution in [1.82, 2.24) is 10.6 Å². The molecule has 2 atom stereocenters. The van der Waals surface area contributed by atoms with Gasteiger partial charge < -0.3 is 20.5 Å². The van der Waals surface area contributed by atoms with Crippen LogP contribution in [0.2, 0.25) is 0 Å². The van der Waals surface area contributed by atoms with E-state index < -0.39 is 5.82 Å². The summed E-state index contributed by atoms with van der Waals surface area (Å²) in [7, 11) is 0. The molecule has 1 aromatic rings. The molecule has 128 valence electrons. The van der Waals surface area contributed by atoms with Gasteiger partial charge in [-0.15, -0.1) is 0 Å². The first-order chi connectivity index (χ1) is 11.2. The molecule has 0 aliphatic carbocycles. The van der Waals surface area contributed by atoms with Gasteiger partial charge in [0.15, 0.2) is 11.6 Å². The molecule has 5 nitrogen and oxygen atoms in total. The molecular weight excluding hydrogens is 299 g/mol. The maximum absolute atomic E-state index is 13.9. The largest absolute Gasteiger partial charge is 0.490 e. The number of nitrogens with one attached hydrogen (secondary N) is 2. The number of rotatable bonds is 6. The van der Waals surface area contributed by atoms with Crippen LogP contribution in [0, 0.1) is 11.7 Å². The average Bonchev–Trinajstić information content (AvgIpc) is 2.75. The minimum Gasteiger partial charge on any atom is -0.490 e. The Labute approximate surface area is 136 Å². The minimum atomic E-state index is -0.398. The van der Waals surface area contributed by atoms with Crippen molar-refractivity contribution >= 4 is 6.03 Å². The minimum absolute atomic E-state index is 0.119. The van der Waals surface area contributed by atoms with E-state index in [-0.39, 0.29) is 30.3 Å². The van der Waals surface area contributed by atoms with Gasteiger partial charge in [-0.3, -0.25) is 0 Å². The fraction of sp³-hybridized carbons (Fsp3) is 0.588. The van der Waals surface area contributed by atoms with Crippen molar-refractivity contribution in [3.8, 4) is 5.75 Å². The molecule has 0 spiro atoms. The number of hydrogen-bond donors (Lipinski definition) is 3. The quantitative estimate of drug-likeness (QED) is 0.753. The molecular formula is C17H25FN2O3. The van der Waals surface area contributed by atoms with Crippen LogP contribution in [0.15, 0.2) is 18.2 Å². The Bertz CT molecular complexity index is 525. The summed E-state index contributed by atoms with van der Waals surface area (Å²) in [5.41, 5.74) is 0.681. The van der Waals surface area contributed by atoms with Gasteiger partial charge in [0.25, 0.3) is 0 Å². The predicted octanol–water partition coefficient (Wildman–Crippen LogP) is 2.75. The molecule has 2 amide bonds. The van der Waals surface area contributed by atoms with Crippen molar-refractivity contribution in [2.75, 3.05) is 19.8 Å². The number of benzene rings is 1. The van der Waals surface area contributed by atoms with Crippen molar-refractivity contribution in [1.29, 1.82) is 0 Å². The van der Waals surface area contributed by atoms with Crippen LogP contribution in [0.1, 0.15) is 44.2 Å². The van der Waals surface area contributed by atoms with E-state index in [1.165, 1.54) is 6.07 Å². The summed E-state index contributed by atoms with van der Waals surface area (Å²) in [5.74, 6) is 0.0977. The van der Waals surface area contributed by atoms with E-state index in [1.54, 1.807) is 12.1 Å². The Morgan fingerprint density at radius 3 is 3.09 bits per heavy atom. The summed E-state index contributed by atoms with van der Waals surface area (Å²) in [6, 6.07) is 4.24. The van der Waals surface area contributed by atoms with Crippen LogP contribution < -0.4 is 15.4 Å². The molecule has 1 aromatic carbocycles. The highest BCUT2D eigenvalue weighted by atomic mass is 19.1. The van der Waals surface area contributed by atoms with Crippen molar-refractivity contribution in [3.63, 3.8) is 0 Å². The number of carbonyl (C=O) groups excluding carboxylic acids is 1. The molecule has 3 N–H and O–H groups in total. The van der Waals surface area contributed by atoms with E-state index in [2.05, 4.69) is 10.6 Å². The second-order valence-corrected chi connectivity index (χ2v) is 5.84. The van der Waals surface area contributed by atoms with Crippen molar-refractivity contribution in [2.24, 2.45) is 5.92 Å². The Morgan fingerprint density at radius 1 is 1.52 bits per heavy atom. The summed E-state index contributed by atoms with van der Waals surface area (Å²) in [5, 5.41) is 14.7. The van der Waals surface area contributed by atoms with Gasteiger partial charge >= 0.3 is 6.03 Å². The van der Waals surface area contributed by atoms with Gasteiger partial charge in [0.1, 0.15) is 0 Å². The molecule has 2 rings (SSSR count). The predicted molar refractivity (Wildman–Crippen MR) is 85.9 cm³/mol. The lowest BCUT2D eigenvalue weighted by Gasteiger charge is -2.20. The van der Waals surface area contributed by atoms with E-state index in [0.29, 0.717) is 31.6 Å². The number of urea groups is 1. The van der Waals surface area contributed by atoms with Gasteiger partial charge in [-0.25, -0.2) is 9.18 Å². The van der Waals surface area contributed by atoms with Crippen LogP contribution in [0.5, 0.6) is 5.75 Å². The van der Waals surface area contributed by atoms with Gasteiger partial charge in [-0.2, -0.15) is 0 Å². The highest BCUT2D eigenvalue weighted by Crippen LogP contribution is 2.33. The molecule has 6 heteroatoms. The number of halogens is 1. The van der Waals surface area contributed by atoms with E-state index in [4.69, 9.17) is 9.84 Å². The van der Waals surface area contributed by atoms with Crippen LogP contribution >= 0.6 is 0 Å². The lowest BCUT2D eigenvalue weighted by molar-refractivity contribution is 0.227. The van der Waals surface area contributed by atoms with E-state index in [1.807, 2.05) is 6.92 Å². The van der Waals surface area contributed by atoms with E-state index in [0.717, 1.165) is 12.8 Å². The standard InChI is InChI=1S/C17H25FN2O3/c1-2-12(8-9-21)11-19-17(22)20-15-7-4-10-23-16-13(15)5-3-6-14(16)18/h3,5-6,12,15,21H,2,4,7-11H2,1H3,(H2,19,20,22). The second-order valence-electron chi connectivity index (χ2n) is 5.84. The SMILES string of the molecule is CCC(CCO)CNC(=O)NC1CCCOc2c(F)cccc21. The number of fused-ring (bicyclic) bond motifs is 1. The number of carbonyl (C=O) groups is 1. The second kappa shape index (κ2) is 8.72. The van der Waals surface area contributed by atoms with Gasteiger partial charge in [0, 0.05) is 18.7 Å². The molecule has 0 saturated heterocycles. The van der Waals surface area contributed by atoms with Crippen LogP contribution in [-0.4, -0.2) is 30.9 Å². The molecule has 0 aromatic heterocycles. The third kappa shape index (κ3) is 4.82. The lowest BCUT2D eigenvalue weighted by atomic mass is 10.0. The summed E-state index contributed by atoms with van der Waals surface area (Å²) in [4.78, 5) is 12.1. The van der Waals surface area contributed by atoms with Crippen LogP contribution in [0.4, 0.5) is 9.18 Å². The summed E-state index contributed by atoms with van der Waals surface area (Å²) in [6.45, 7) is 3.11. The molecule has 23 heavy (non-hydrogen) atoms. The Balaban J connectivity index is 1.97. The van der Waals surface area contributed by atoms with E-state index >= 15 is 0 Å². The molecule has 1 heterocycles. The first-order valence-corrected chi connectivity index (χ1v) is 8.22. The zero-order chi connectivity index (χ0) is 16.7. The fourth-order valence-electron chi connectivity index (χ4n) is 2.80. The first-order valence-electron chi connectivity index (χ1n) is 8.22. The zero-order valence-corrected chi connectivity index (χ0v) is 13.5. The fourth-order valence-corrected chi connectivity index (χ4v) is 2.80. The normalized spacial score (nSPS) is 18.3. The zero-order valence-electron chi connectivity index (χ0n) is 13.5. The highest BCUT2D eigenvalue weighted by molar-refractivity contribution is 5.74. The molecule has 0 saturated carbocycles. The lowest BCUT2D eigenvalue weighted by Crippen LogP contribution is -2.40. The highest BCUT2D eigenvalue weighted by Gasteiger charge is 2.23. The Hall–Kier alpha value is -1.82. The van der Waals surface area contributed by atoms with Crippen LogP contribution in [0.3, 0.4) is 0 Å². The molecule has 0 fully saturated rings. The van der Waals surface area contributed by atoms with Gasteiger partial charge in [0.2, 0.25) is 0 Å². The molecule has 2 unspecified atom stereocenters. The number of hydrogen-bond acceptors (Lipinski definition) is 3. The summed E-state index contributed by atoms with van der Waals surface area (Å²) >= 11 is 0. The van der Waals surface area contributed by atoms with Crippen LogP contribution in [-0.2, 0) is 0 Å². The monoisotopic (exact) mass is 324 g/mol. The third-order valence-corrected chi connectivity index (χ3v) is 4.23. The van der Waals surface area contributed by atoms with Gasteiger partial charge in [-0.05, 0) is 31.2 Å². The number of ether oxygens (including phenoxy) is 1. The van der Waals surface area contributed by atoms with Crippen molar-refractivity contribution in [3.05, 3.63) is 29.6 Å². The number of para-hydroxylation sites is 1. The summed E-state index contributed by atoms with van der Waals surface area (Å²) in [6.07, 6.45) is 3.02. The maximum Gasteiger partial charge on any atom is 0.315 e. The van der Waals surface area contributed by atoms with Crippen LogP contribution in [0.25, 0.3) is 0 Å². The van der Waals surface area contributed by atoms with Gasteiger partial charge in [-0.1, -0.05) is 25.5 Å². The van der Waals surface area contributed by atoms with Crippen molar-refractivity contribution < 1.29 is 19.0 Å². The van der Waals surface area contributed by atoms with E-state index in [9.17, 15) is 9.18 Å². The maximum atomic E-state index is 13.9. The summed E-state index contributed by atoms with van der Waals surface area (Å²) < 4.78 is 19.3.